The lowest BCUT2D eigenvalue weighted by molar-refractivity contribution is -0.130. The molecule has 2 aromatic heterocycles. The second kappa shape index (κ2) is 8.11. The van der Waals surface area contributed by atoms with Crippen LogP contribution in [0.3, 0.4) is 0 Å². The van der Waals surface area contributed by atoms with Gasteiger partial charge in [0.15, 0.2) is 0 Å². The fraction of sp³-hybridized carbons (Fsp3) is 0.571. The molecule has 4 rings (SSSR count). The van der Waals surface area contributed by atoms with Crippen molar-refractivity contribution in [2.75, 3.05) is 13.1 Å². The van der Waals surface area contributed by atoms with E-state index >= 15 is 0 Å². The Morgan fingerprint density at radius 3 is 2.93 bits per heavy atom. The molecule has 1 unspecified atom stereocenters. The zero-order chi connectivity index (χ0) is 18.6. The summed E-state index contributed by atoms with van der Waals surface area (Å²) < 4.78 is 2.08. The molecule has 0 bridgehead atoms. The third-order valence-corrected chi connectivity index (χ3v) is 5.94. The molecular weight excluding hydrogens is 340 g/mol. The van der Waals surface area contributed by atoms with Crippen LogP contribution in [0.1, 0.15) is 50.8 Å². The maximum atomic E-state index is 12.5. The zero-order valence-electron chi connectivity index (χ0n) is 15.8. The topological polar surface area (TPSA) is 66.7 Å². The predicted molar refractivity (Wildman–Crippen MR) is 103 cm³/mol. The molecule has 2 amide bonds. The summed E-state index contributed by atoms with van der Waals surface area (Å²) in [4.78, 5) is 31.2. The van der Waals surface area contributed by atoms with Crippen molar-refractivity contribution in [1.82, 2.24) is 19.6 Å². The Bertz CT molecular complexity index is 809. The van der Waals surface area contributed by atoms with E-state index in [0.29, 0.717) is 25.6 Å². The monoisotopic (exact) mass is 368 g/mol. The van der Waals surface area contributed by atoms with Gasteiger partial charge in [-0.3, -0.25) is 9.59 Å². The third-order valence-electron chi connectivity index (χ3n) is 5.94. The van der Waals surface area contributed by atoms with Crippen molar-refractivity contribution in [2.24, 2.45) is 5.92 Å². The van der Waals surface area contributed by atoms with Crippen LogP contribution in [0.5, 0.6) is 0 Å². The number of carbonyl (C=O) groups is 2. The van der Waals surface area contributed by atoms with Gasteiger partial charge in [-0.25, -0.2) is 4.98 Å². The minimum Gasteiger partial charge on any atom is -0.356 e. The van der Waals surface area contributed by atoms with Crippen LogP contribution in [-0.2, 0) is 16.0 Å². The highest BCUT2D eigenvalue weighted by atomic mass is 16.2. The Balaban J connectivity index is 1.23. The van der Waals surface area contributed by atoms with Crippen molar-refractivity contribution in [1.29, 1.82) is 0 Å². The first kappa shape index (κ1) is 18.0. The molecular formula is C21H28N4O2. The van der Waals surface area contributed by atoms with Gasteiger partial charge < -0.3 is 14.6 Å². The lowest BCUT2D eigenvalue weighted by Crippen LogP contribution is -2.39. The molecule has 1 aliphatic carbocycles. The van der Waals surface area contributed by atoms with Crippen molar-refractivity contribution in [3.63, 3.8) is 0 Å². The van der Waals surface area contributed by atoms with Crippen LogP contribution in [-0.4, -0.2) is 45.2 Å². The van der Waals surface area contributed by atoms with E-state index in [1.54, 1.807) is 0 Å². The molecule has 2 aliphatic rings. The van der Waals surface area contributed by atoms with Gasteiger partial charge in [0.05, 0.1) is 17.6 Å². The van der Waals surface area contributed by atoms with E-state index < -0.39 is 0 Å². The molecule has 0 radical (unpaired) electrons. The number of pyridine rings is 1. The van der Waals surface area contributed by atoms with Gasteiger partial charge in [0, 0.05) is 38.2 Å². The van der Waals surface area contributed by atoms with Crippen LogP contribution in [0.2, 0.25) is 0 Å². The number of rotatable bonds is 6. The van der Waals surface area contributed by atoms with Crippen molar-refractivity contribution in [3.05, 3.63) is 36.4 Å². The number of nitrogens with zero attached hydrogens (tertiary/aromatic N) is 3. The number of amides is 2. The Morgan fingerprint density at radius 1 is 1.22 bits per heavy atom. The summed E-state index contributed by atoms with van der Waals surface area (Å²) in [5.74, 6) is 1.01. The normalized spacial score (nSPS) is 21.1. The van der Waals surface area contributed by atoms with Crippen molar-refractivity contribution in [3.8, 4) is 0 Å². The Kier molecular flexibility index (Phi) is 5.41. The van der Waals surface area contributed by atoms with Crippen molar-refractivity contribution < 1.29 is 9.59 Å². The molecule has 1 N–H and O–H groups in total. The number of likely N-dealkylation sites (tertiary alicyclic amines) is 1. The molecule has 1 saturated heterocycles. The van der Waals surface area contributed by atoms with Crippen molar-refractivity contribution >= 4 is 17.3 Å². The number of carbonyl (C=O) groups excluding carboxylic acids is 2. The fourth-order valence-electron chi connectivity index (χ4n) is 4.44. The smallest absolute Gasteiger partial charge is 0.225 e. The van der Waals surface area contributed by atoms with Gasteiger partial charge in [-0.15, -0.1) is 0 Å². The van der Waals surface area contributed by atoms with Crippen LogP contribution in [0.15, 0.2) is 30.6 Å². The molecule has 0 spiro atoms. The largest absolute Gasteiger partial charge is 0.356 e. The van der Waals surface area contributed by atoms with Gasteiger partial charge in [0.25, 0.3) is 0 Å². The van der Waals surface area contributed by atoms with Gasteiger partial charge in [0.2, 0.25) is 11.8 Å². The Morgan fingerprint density at radius 2 is 2.07 bits per heavy atom. The first-order chi connectivity index (χ1) is 13.2. The van der Waals surface area contributed by atoms with Crippen LogP contribution in [0.4, 0.5) is 0 Å². The molecule has 27 heavy (non-hydrogen) atoms. The van der Waals surface area contributed by atoms with Crippen LogP contribution < -0.4 is 5.32 Å². The summed E-state index contributed by atoms with van der Waals surface area (Å²) in [6.07, 6.45) is 11.8. The molecule has 1 saturated carbocycles. The van der Waals surface area contributed by atoms with Gasteiger partial charge >= 0.3 is 0 Å². The number of nitrogens with one attached hydrogen (secondary N) is 1. The molecule has 2 fully saturated rings. The number of fused-ring (bicyclic) bond motifs is 1. The maximum Gasteiger partial charge on any atom is 0.225 e. The molecule has 3 heterocycles. The van der Waals surface area contributed by atoms with Crippen LogP contribution in [0.25, 0.3) is 5.52 Å². The zero-order valence-corrected chi connectivity index (χ0v) is 15.8. The molecule has 1 aliphatic heterocycles. The van der Waals surface area contributed by atoms with Crippen LogP contribution >= 0.6 is 0 Å². The lowest BCUT2D eigenvalue weighted by atomic mass is 9.94. The second-order valence-corrected chi connectivity index (χ2v) is 7.80. The molecule has 6 heteroatoms. The summed E-state index contributed by atoms with van der Waals surface area (Å²) in [6, 6.07) is 6.39. The van der Waals surface area contributed by atoms with E-state index in [4.69, 9.17) is 0 Å². The van der Waals surface area contributed by atoms with Crippen molar-refractivity contribution in [2.45, 2.75) is 57.4 Å². The van der Waals surface area contributed by atoms with E-state index in [0.717, 1.165) is 37.0 Å². The van der Waals surface area contributed by atoms with E-state index in [1.807, 2.05) is 35.5 Å². The molecule has 0 aromatic carbocycles. The van der Waals surface area contributed by atoms with Crippen LogP contribution in [0, 0.1) is 5.92 Å². The second-order valence-electron chi connectivity index (χ2n) is 7.80. The number of hydrogen-bond acceptors (Lipinski definition) is 3. The predicted octanol–water partition coefficient (Wildman–Crippen LogP) is 2.56. The summed E-state index contributed by atoms with van der Waals surface area (Å²) in [5, 5.41) is 3.02. The molecule has 6 nitrogen and oxygen atoms in total. The van der Waals surface area contributed by atoms with E-state index in [9.17, 15) is 9.59 Å². The summed E-state index contributed by atoms with van der Waals surface area (Å²) in [5.41, 5.74) is 1.09. The molecule has 2 aromatic rings. The molecule has 1 atom stereocenters. The average molecular weight is 368 g/mol. The number of imidazole rings is 1. The summed E-state index contributed by atoms with van der Waals surface area (Å²) in [6.45, 7) is 1.22. The number of hydrogen-bond donors (Lipinski definition) is 1. The average Bonchev–Trinajstić information content (AvgIpc) is 3.29. The summed E-state index contributed by atoms with van der Waals surface area (Å²) in [7, 11) is 0. The number of aryl methyl sites for hydroxylation is 1. The highest BCUT2D eigenvalue weighted by Crippen LogP contribution is 2.28. The number of aromatic nitrogens is 2. The van der Waals surface area contributed by atoms with Gasteiger partial charge in [-0.1, -0.05) is 25.3 Å². The highest BCUT2D eigenvalue weighted by molar-refractivity contribution is 5.89. The fourth-order valence-corrected chi connectivity index (χ4v) is 4.44. The Labute approximate surface area is 159 Å². The first-order valence-electron chi connectivity index (χ1n) is 10.2. The first-order valence-corrected chi connectivity index (χ1v) is 10.2. The van der Waals surface area contributed by atoms with E-state index in [1.165, 1.54) is 19.3 Å². The van der Waals surface area contributed by atoms with Gasteiger partial charge in [0.1, 0.15) is 5.82 Å². The minimum absolute atomic E-state index is 0.0228. The standard InChI is InChI=1S/C21H28N4O2/c26-20-13-16(15-25(20)17-7-2-1-3-8-17)21(27)22-11-6-10-19-23-14-18-9-4-5-12-24(18)19/h4-5,9,12,14,16-17H,1-3,6-8,10-11,13,15H2,(H,22,27). The Hall–Kier alpha value is -2.37. The van der Waals surface area contributed by atoms with Gasteiger partial charge in [-0.05, 0) is 31.4 Å². The van der Waals surface area contributed by atoms with Gasteiger partial charge in [-0.2, -0.15) is 0 Å². The highest BCUT2D eigenvalue weighted by Gasteiger charge is 2.37. The van der Waals surface area contributed by atoms with E-state index in [-0.39, 0.29) is 17.7 Å². The quantitative estimate of drug-likeness (QED) is 0.797. The summed E-state index contributed by atoms with van der Waals surface area (Å²) >= 11 is 0. The minimum atomic E-state index is -0.188. The lowest BCUT2D eigenvalue weighted by Gasteiger charge is -2.31. The molecule has 144 valence electrons. The SMILES string of the molecule is O=C(NCCCc1ncc2ccccn12)C1CC(=O)N(C2CCCCC2)C1. The maximum absolute atomic E-state index is 12.5. The third kappa shape index (κ3) is 3.99. The van der Waals surface area contributed by atoms with E-state index in [2.05, 4.69) is 14.7 Å².